The predicted molar refractivity (Wildman–Crippen MR) is 94.6 cm³/mol. The average molecular weight is 424 g/mol. The topological polar surface area (TPSA) is 102 Å². The number of anilines is 1. The lowest BCUT2D eigenvalue weighted by molar-refractivity contribution is -0.138. The maximum Gasteiger partial charge on any atom is 0.343 e. The Labute approximate surface area is 165 Å². The molecule has 2 N–H and O–H groups in total. The Bertz CT molecular complexity index is 1190. The third-order valence-electron chi connectivity index (χ3n) is 3.91. The van der Waals surface area contributed by atoms with E-state index in [0.29, 0.717) is 5.52 Å². The first-order chi connectivity index (χ1) is 14.2. The molecule has 0 saturated carbocycles. The van der Waals surface area contributed by atoms with E-state index in [1.54, 1.807) is 0 Å². The summed E-state index contributed by atoms with van der Waals surface area (Å²) in [6, 6.07) is 2.64. The van der Waals surface area contributed by atoms with Gasteiger partial charge in [0.25, 0.3) is 0 Å². The van der Waals surface area contributed by atoms with Gasteiger partial charge in [-0.2, -0.15) is 0 Å². The minimum Gasteiger partial charge on any atom is -0.506 e. The Morgan fingerprint density at radius 3 is 2.60 bits per heavy atom. The summed E-state index contributed by atoms with van der Waals surface area (Å²) in [5, 5.41) is 12.4. The van der Waals surface area contributed by atoms with Crippen LogP contribution in [0.3, 0.4) is 0 Å². The zero-order chi connectivity index (χ0) is 22.0. The maximum absolute atomic E-state index is 14.0. The van der Waals surface area contributed by atoms with Crippen molar-refractivity contribution in [3.05, 3.63) is 65.2 Å². The molecule has 1 heterocycles. The molecule has 11 heteroatoms. The van der Waals surface area contributed by atoms with Crippen molar-refractivity contribution in [2.24, 2.45) is 0 Å². The Kier molecular flexibility index (Phi) is 5.72. The van der Waals surface area contributed by atoms with Crippen LogP contribution in [0.1, 0.15) is 17.3 Å². The van der Waals surface area contributed by atoms with E-state index < -0.39 is 46.2 Å². The summed E-state index contributed by atoms with van der Waals surface area (Å²) >= 11 is 0. The summed E-state index contributed by atoms with van der Waals surface area (Å²) in [5.74, 6) is -11.2. The number of ether oxygens (including phenoxy) is 1. The summed E-state index contributed by atoms with van der Waals surface area (Å²) in [5.41, 5.74) is -1.55. The lowest BCUT2D eigenvalue weighted by Crippen LogP contribution is -2.19. The summed E-state index contributed by atoms with van der Waals surface area (Å²) in [6.45, 7) is 1.25. The van der Waals surface area contributed by atoms with E-state index in [1.165, 1.54) is 19.1 Å². The standard InChI is InChI=1S/C19H12F4N2O5/c1-2-29-19(28)9(18(27)8-3-10(20)16(22)17(23)15(8)21)6-24-11-5-14-12(4-13(11)26)25-7-30-14/h3-7,24,26H,2H2,1H3. The fraction of sp³-hybridized carbons (Fsp3) is 0.105. The van der Waals surface area contributed by atoms with Crippen LogP contribution in [0.2, 0.25) is 0 Å². The second kappa shape index (κ2) is 8.23. The zero-order valence-electron chi connectivity index (χ0n) is 15.1. The first-order valence-corrected chi connectivity index (χ1v) is 8.32. The van der Waals surface area contributed by atoms with E-state index in [0.717, 1.165) is 12.6 Å². The number of halogens is 4. The van der Waals surface area contributed by atoms with Crippen molar-refractivity contribution in [1.29, 1.82) is 0 Å². The molecule has 0 unspecified atom stereocenters. The lowest BCUT2D eigenvalue weighted by atomic mass is 10.0. The van der Waals surface area contributed by atoms with Crippen LogP contribution in [0.5, 0.6) is 5.75 Å². The first kappa shape index (κ1) is 20.8. The highest BCUT2D eigenvalue weighted by molar-refractivity contribution is 6.24. The molecule has 0 radical (unpaired) electrons. The fourth-order valence-electron chi connectivity index (χ4n) is 2.47. The number of carbonyl (C=O) groups is 2. The van der Waals surface area contributed by atoms with E-state index in [2.05, 4.69) is 10.3 Å². The minimum atomic E-state index is -2.21. The molecule has 0 aliphatic heterocycles. The number of phenolic OH excluding ortho intramolecular Hbond substituents is 1. The van der Waals surface area contributed by atoms with Gasteiger partial charge < -0.3 is 19.6 Å². The number of carbonyl (C=O) groups excluding carboxylic acids is 2. The molecule has 0 atom stereocenters. The molecule has 0 amide bonds. The Balaban J connectivity index is 2.03. The van der Waals surface area contributed by atoms with Crippen molar-refractivity contribution >= 4 is 28.5 Å². The van der Waals surface area contributed by atoms with Crippen LogP contribution in [-0.4, -0.2) is 28.4 Å². The normalized spacial score (nSPS) is 11.6. The van der Waals surface area contributed by atoms with Crippen molar-refractivity contribution in [2.45, 2.75) is 6.92 Å². The number of rotatable bonds is 6. The van der Waals surface area contributed by atoms with E-state index in [1.807, 2.05) is 0 Å². The van der Waals surface area contributed by atoms with E-state index in [9.17, 15) is 32.3 Å². The molecule has 1 aromatic heterocycles. The number of Topliss-reactive ketones (excluding diaryl/α,β-unsaturated/α-hetero) is 1. The van der Waals surface area contributed by atoms with Crippen LogP contribution in [-0.2, 0) is 9.53 Å². The SMILES string of the molecule is CCOC(=O)C(=CNc1cc2ocnc2cc1O)C(=O)c1cc(F)c(F)c(F)c1F. The van der Waals surface area contributed by atoms with Gasteiger partial charge in [0.2, 0.25) is 5.78 Å². The van der Waals surface area contributed by atoms with Crippen molar-refractivity contribution in [3.8, 4) is 5.75 Å². The Morgan fingerprint density at radius 1 is 1.17 bits per heavy atom. The number of ketones is 1. The number of aromatic nitrogens is 1. The van der Waals surface area contributed by atoms with E-state index >= 15 is 0 Å². The molecular weight excluding hydrogens is 412 g/mol. The number of hydrogen-bond donors (Lipinski definition) is 2. The van der Waals surface area contributed by atoms with Crippen molar-refractivity contribution in [3.63, 3.8) is 0 Å². The molecule has 7 nitrogen and oxygen atoms in total. The molecule has 2 aromatic carbocycles. The number of nitrogens with one attached hydrogen (secondary N) is 1. The van der Waals surface area contributed by atoms with Crippen LogP contribution in [0.15, 0.2) is 40.8 Å². The van der Waals surface area contributed by atoms with Gasteiger partial charge in [0.15, 0.2) is 35.2 Å². The number of phenols is 1. The second-order valence-electron chi connectivity index (χ2n) is 5.79. The molecule has 0 spiro atoms. The lowest BCUT2D eigenvalue weighted by Gasteiger charge is -2.10. The average Bonchev–Trinajstić information content (AvgIpc) is 3.16. The molecule has 0 bridgehead atoms. The molecule has 3 rings (SSSR count). The van der Waals surface area contributed by atoms with Crippen molar-refractivity contribution in [2.75, 3.05) is 11.9 Å². The molecule has 3 aromatic rings. The van der Waals surface area contributed by atoms with Crippen LogP contribution in [0, 0.1) is 23.3 Å². The van der Waals surface area contributed by atoms with Crippen LogP contribution >= 0.6 is 0 Å². The summed E-state index contributed by atoms with van der Waals surface area (Å²) in [4.78, 5) is 28.6. The fourth-order valence-corrected chi connectivity index (χ4v) is 2.47. The number of aromatic hydroxyl groups is 1. The third kappa shape index (κ3) is 3.81. The van der Waals surface area contributed by atoms with E-state index in [4.69, 9.17) is 9.15 Å². The number of hydrogen-bond acceptors (Lipinski definition) is 7. The zero-order valence-corrected chi connectivity index (χ0v) is 15.1. The van der Waals surface area contributed by atoms with Crippen LogP contribution in [0.4, 0.5) is 23.2 Å². The van der Waals surface area contributed by atoms with Gasteiger partial charge in [-0.3, -0.25) is 4.79 Å². The Hall–Kier alpha value is -3.89. The van der Waals surface area contributed by atoms with Gasteiger partial charge in [-0.05, 0) is 13.0 Å². The van der Waals surface area contributed by atoms with Gasteiger partial charge in [0, 0.05) is 18.3 Å². The molecule has 0 fully saturated rings. The number of oxazole rings is 1. The summed E-state index contributed by atoms with van der Waals surface area (Å²) < 4.78 is 63.9. The molecule has 30 heavy (non-hydrogen) atoms. The van der Waals surface area contributed by atoms with Gasteiger partial charge in [-0.25, -0.2) is 27.3 Å². The molecule has 156 valence electrons. The van der Waals surface area contributed by atoms with E-state index in [-0.39, 0.29) is 29.7 Å². The highest BCUT2D eigenvalue weighted by Crippen LogP contribution is 2.29. The quantitative estimate of drug-likeness (QED) is 0.0714. The van der Waals surface area contributed by atoms with Crippen LogP contribution in [0.25, 0.3) is 11.1 Å². The van der Waals surface area contributed by atoms with Gasteiger partial charge >= 0.3 is 5.97 Å². The largest absolute Gasteiger partial charge is 0.506 e. The van der Waals surface area contributed by atoms with Crippen molar-refractivity contribution in [1.82, 2.24) is 4.98 Å². The van der Waals surface area contributed by atoms with Gasteiger partial charge in [0.05, 0.1) is 17.9 Å². The second-order valence-corrected chi connectivity index (χ2v) is 5.79. The van der Waals surface area contributed by atoms with Crippen LogP contribution < -0.4 is 5.32 Å². The smallest absolute Gasteiger partial charge is 0.343 e. The summed E-state index contributed by atoms with van der Waals surface area (Å²) in [7, 11) is 0. The highest BCUT2D eigenvalue weighted by Gasteiger charge is 2.28. The first-order valence-electron chi connectivity index (χ1n) is 8.32. The molecule has 0 aliphatic carbocycles. The van der Waals surface area contributed by atoms with Gasteiger partial charge in [-0.1, -0.05) is 0 Å². The highest BCUT2D eigenvalue weighted by atomic mass is 19.2. The predicted octanol–water partition coefficient (Wildman–Crippen LogP) is 3.83. The van der Waals surface area contributed by atoms with Gasteiger partial charge in [0.1, 0.15) is 16.8 Å². The number of benzene rings is 2. The van der Waals surface area contributed by atoms with Crippen molar-refractivity contribution < 1.29 is 41.4 Å². The molecular formula is C19H12F4N2O5. The molecule has 0 aliphatic rings. The minimum absolute atomic E-state index is 0.0363. The third-order valence-corrected chi connectivity index (χ3v) is 3.91. The monoisotopic (exact) mass is 424 g/mol. The Morgan fingerprint density at radius 2 is 1.90 bits per heavy atom. The molecule has 0 saturated heterocycles. The maximum atomic E-state index is 14.0. The summed E-state index contributed by atoms with van der Waals surface area (Å²) in [6.07, 6.45) is 1.87. The number of nitrogens with zero attached hydrogens (tertiary/aromatic N) is 1. The number of fused-ring (bicyclic) bond motifs is 1. The number of esters is 1. The van der Waals surface area contributed by atoms with Gasteiger partial charge in [-0.15, -0.1) is 0 Å².